The summed E-state index contributed by atoms with van der Waals surface area (Å²) in [6.45, 7) is 4.64. The predicted molar refractivity (Wildman–Crippen MR) is 72.5 cm³/mol. The Morgan fingerprint density at radius 1 is 1.24 bits per heavy atom. The second-order valence-corrected chi connectivity index (χ2v) is 4.80. The third kappa shape index (κ3) is 2.56. The topological polar surface area (TPSA) is 29.1 Å². The van der Waals surface area contributed by atoms with Gasteiger partial charge in [0.05, 0.1) is 4.88 Å². The Labute approximate surface area is 105 Å². The number of carbonyl (C=O) groups excluding carboxylic acids is 1. The molecule has 0 fully saturated rings. The number of rotatable bonds is 3. The van der Waals surface area contributed by atoms with Crippen molar-refractivity contribution in [1.82, 2.24) is 5.32 Å². The first-order valence-electron chi connectivity index (χ1n) is 5.65. The third-order valence-corrected chi connectivity index (χ3v) is 3.48. The predicted octanol–water partition coefficient (Wildman–Crippen LogP) is 3.47. The zero-order valence-electron chi connectivity index (χ0n) is 9.99. The average molecular weight is 245 g/mol. The Morgan fingerprint density at radius 2 is 1.94 bits per heavy atom. The van der Waals surface area contributed by atoms with E-state index in [0.717, 1.165) is 16.0 Å². The summed E-state index contributed by atoms with van der Waals surface area (Å²) in [4.78, 5) is 12.7. The zero-order chi connectivity index (χ0) is 12.3. The molecule has 2 rings (SSSR count). The largest absolute Gasteiger partial charge is 0.352 e. The molecule has 1 aromatic heterocycles. The first kappa shape index (κ1) is 11.9. The zero-order valence-corrected chi connectivity index (χ0v) is 10.8. The van der Waals surface area contributed by atoms with Gasteiger partial charge < -0.3 is 5.32 Å². The van der Waals surface area contributed by atoms with Crippen LogP contribution in [0.4, 0.5) is 0 Å². The van der Waals surface area contributed by atoms with Crippen molar-refractivity contribution in [2.24, 2.45) is 0 Å². The summed E-state index contributed by atoms with van der Waals surface area (Å²) < 4.78 is 0. The lowest BCUT2D eigenvalue weighted by Gasteiger charge is -2.04. The number of aryl methyl sites for hydroxylation is 1. The van der Waals surface area contributed by atoms with Crippen molar-refractivity contribution >= 4 is 17.2 Å². The van der Waals surface area contributed by atoms with E-state index in [9.17, 15) is 4.79 Å². The molecule has 0 aliphatic carbocycles. The Hall–Kier alpha value is -1.61. The van der Waals surface area contributed by atoms with Crippen LogP contribution < -0.4 is 5.32 Å². The van der Waals surface area contributed by atoms with Crippen molar-refractivity contribution in [2.45, 2.75) is 13.8 Å². The van der Waals surface area contributed by atoms with Crippen molar-refractivity contribution in [3.05, 3.63) is 46.2 Å². The van der Waals surface area contributed by atoms with Crippen molar-refractivity contribution in [3.63, 3.8) is 0 Å². The minimum Gasteiger partial charge on any atom is -0.352 e. The maximum absolute atomic E-state index is 11.9. The number of amides is 1. The van der Waals surface area contributed by atoms with Crippen LogP contribution in [0.25, 0.3) is 11.1 Å². The van der Waals surface area contributed by atoms with Gasteiger partial charge in [-0.15, -0.1) is 11.3 Å². The highest BCUT2D eigenvalue weighted by atomic mass is 32.1. The maximum Gasteiger partial charge on any atom is 0.261 e. The highest BCUT2D eigenvalue weighted by molar-refractivity contribution is 7.12. The highest BCUT2D eigenvalue weighted by Crippen LogP contribution is 2.28. The molecule has 0 radical (unpaired) electrons. The van der Waals surface area contributed by atoms with Crippen LogP contribution >= 0.6 is 11.3 Å². The molecule has 1 heterocycles. The normalized spacial score (nSPS) is 10.2. The molecular formula is C14H15NOS. The van der Waals surface area contributed by atoms with Gasteiger partial charge >= 0.3 is 0 Å². The number of carbonyl (C=O) groups is 1. The van der Waals surface area contributed by atoms with E-state index in [-0.39, 0.29) is 5.91 Å². The van der Waals surface area contributed by atoms with Crippen LogP contribution in [0.5, 0.6) is 0 Å². The van der Waals surface area contributed by atoms with Gasteiger partial charge in [-0.2, -0.15) is 0 Å². The number of hydrogen-bond acceptors (Lipinski definition) is 2. The summed E-state index contributed by atoms with van der Waals surface area (Å²) >= 11 is 1.48. The number of benzene rings is 1. The van der Waals surface area contributed by atoms with Gasteiger partial charge in [0.1, 0.15) is 0 Å². The quantitative estimate of drug-likeness (QED) is 0.881. The Kier molecular flexibility index (Phi) is 3.59. The van der Waals surface area contributed by atoms with Gasteiger partial charge in [-0.3, -0.25) is 4.79 Å². The second kappa shape index (κ2) is 5.15. The summed E-state index contributed by atoms with van der Waals surface area (Å²) in [5.41, 5.74) is 3.34. The molecule has 1 aromatic carbocycles. The molecule has 2 nitrogen and oxygen atoms in total. The van der Waals surface area contributed by atoms with Crippen molar-refractivity contribution < 1.29 is 4.79 Å². The molecule has 1 N–H and O–H groups in total. The van der Waals surface area contributed by atoms with E-state index < -0.39 is 0 Å². The van der Waals surface area contributed by atoms with Gasteiger partial charge in [0.25, 0.3) is 5.91 Å². The Balaban J connectivity index is 2.36. The minimum atomic E-state index is 0.0121. The van der Waals surface area contributed by atoms with Crippen LogP contribution in [0.3, 0.4) is 0 Å². The summed E-state index contributed by atoms with van der Waals surface area (Å²) in [5, 5.41) is 4.80. The maximum atomic E-state index is 11.9. The van der Waals surface area contributed by atoms with E-state index in [2.05, 4.69) is 36.5 Å². The van der Waals surface area contributed by atoms with E-state index in [1.54, 1.807) is 0 Å². The van der Waals surface area contributed by atoms with E-state index in [1.165, 1.54) is 16.9 Å². The first-order valence-corrected chi connectivity index (χ1v) is 6.53. The molecule has 17 heavy (non-hydrogen) atoms. The van der Waals surface area contributed by atoms with E-state index in [0.29, 0.717) is 6.54 Å². The SMILES string of the molecule is CCNC(=O)c1sccc1-c1ccc(C)cc1. The molecule has 1 amide bonds. The standard InChI is InChI=1S/C14H15NOS/c1-3-15-14(16)13-12(8-9-17-13)11-6-4-10(2)5-7-11/h4-9H,3H2,1-2H3,(H,15,16). The lowest BCUT2D eigenvalue weighted by atomic mass is 10.0. The van der Waals surface area contributed by atoms with E-state index >= 15 is 0 Å². The molecule has 0 spiro atoms. The summed E-state index contributed by atoms with van der Waals surface area (Å²) in [6, 6.07) is 10.2. The van der Waals surface area contributed by atoms with Crippen LogP contribution in [-0.2, 0) is 0 Å². The van der Waals surface area contributed by atoms with Crippen LogP contribution in [0.15, 0.2) is 35.7 Å². The third-order valence-electron chi connectivity index (χ3n) is 2.57. The minimum absolute atomic E-state index is 0.0121. The molecule has 0 aliphatic heterocycles. The molecule has 2 aromatic rings. The van der Waals surface area contributed by atoms with E-state index in [4.69, 9.17) is 0 Å². The molecule has 3 heteroatoms. The number of nitrogens with one attached hydrogen (secondary N) is 1. The van der Waals surface area contributed by atoms with Crippen LogP contribution in [-0.4, -0.2) is 12.5 Å². The molecule has 0 unspecified atom stereocenters. The van der Waals surface area contributed by atoms with Gasteiger partial charge in [0, 0.05) is 12.1 Å². The van der Waals surface area contributed by atoms with Crippen molar-refractivity contribution in [1.29, 1.82) is 0 Å². The fourth-order valence-corrected chi connectivity index (χ4v) is 2.52. The van der Waals surface area contributed by atoms with Crippen LogP contribution in [0, 0.1) is 6.92 Å². The molecule has 0 atom stereocenters. The highest BCUT2D eigenvalue weighted by Gasteiger charge is 2.13. The number of hydrogen-bond donors (Lipinski definition) is 1. The van der Waals surface area contributed by atoms with Crippen molar-refractivity contribution in [3.8, 4) is 11.1 Å². The molecule has 0 bridgehead atoms. The second-order valence-electron chi connectivity index (χ2n) is 3.89. The number of thiophene rings is 1. The molecular weight excluding hydrogens is 230 g/mol. The summed E-state index contributed by atoms with van der Waals surface area (Å²) in [6.07, 6.45) is 0. The van der Waals surface area contributed by atoms with Gasteiger partial charge in [-0.1, -0.05) is 29.8 Å². The molecule has 0 aliphatic rings. The van der Waals surface area contributed by atoms with Crippen LogP contribution in [0.1, 0.15) is 22.2 Å². The van der Waals surface area contributed by atoms with Gasteiger partial charge in [-0.05, 0) is 30.9 Å². The smallest absolute Gasteiger partial charge is 0.261 e. The Morgan fingerprint density at radius 3 is 2.59 bits per heavy atom. The molecule has 88 valence electrons. The first-order chi connectivity index (χ1) is 8.22. The monoisotopic (exact) mass is 245 g/mol. The fourth-order valence-electron chi connectivity index (χ4n) is 1.69. The molecule has 0 saturated carbocycles. The van der Waals surface area contributed by atoms with Gasteiger partial charge in [0.2, 0.25) is 0 Å². The lowest BCUT2D eigenvalue weighted by molar-refractivity contribution is 0.0960. The summed E-state index contributed by atoms with van der Waals surface area (Å²) in [7, 11) is 0. The van der Waals surface area contributed by atoms with Gasteiger partial charge in [-0.25, -0.2) is 0 Å². The Bertz CT molecular complexity index is 513. The van der Waals surface area contributed by atoms with Crippen molar-refractivity contribution in [2.75, 3.05) is 6.54 Å². The summed E-state index contributed by atoms with van der Waals surface area (Å²) in [5.74, 6) is 0.0121. The van der Waals surface area contributed by atoms with E-state index in [1.807, 2.05) is 18.4 Å². The van der Waals surface area contributed by atoms with Gasteiger partial charge in [0.15, 0.2) is 0 Å². The van der Waals surface area contributed by atoms with Crippen LogP contribution in [0.2, 0.25) is 0 Å². The fraction of sp³-hybridized carbons (Fsp3) is 0.214. The average Bonchev–Trinajstić information content (AvgIpc) is 2.79. The lowest BCUT2D eigenvalue weighted by Crippen LogP contribution is -2.22. The molecule has 0 saturated heterocycles.